The van der Waals surface area contributed by atoms with Gasteiger partial charge in [-0.3, -0.25) is 9.59 Å². The van der Waals surface area contributed by atoms with Gasteiger partial charge in [0.1, 0.15) is 5.82 Å². The standard InChI is InChI=1S/C19H18ClFN2O2/c20-15-7-5-13(6-8-15)9-10-23-12-14(11-18(23)24)19(25)22-17-4-2-1-3-16(17)21/h1-8,14H,9-12H2,(H,22,25). The Morgan fingerprint density at radius 2 is 1.92 bits per heavy atom. The molecule has 1 atom stereocenters. The maximum Gasteiger partial charge on any atom is 0.229 e. The van der Waals surface area contributed by atoms with E-state index >= 15 is 0 Å². The molecule has 0 saturated carbocycles. The van der Waals surface area contributed by atoms with Gasteiger partial charge in [-0.25, -0.2) is 4.39 Å². The van der Waals surface area contributed by atoms with Gasteiger partial charge in [0.2, 0.25) is 11.8 Å². The van der Waals surface area contributed by atoms with Crippen LogP contribution in [0.5, 0.6) is 0 Å². The van der Waals surface area contributed by atoms with Crippen LogP contribution in [0.25, 0.3) is 0 Å². The van der Waals surface area contributed by atoms with Gasteiger partial charge in [-0.1, -0.05) is 35.9 Å². The second-order valence-electron chi connectivity index (χ2n) is 6.09. The molecule has 0 aromatic heterocycles. The van der Waals surface area contributed by atoms with Crippen molar-refractivity contribution in [3.05, 3.63) is 64.9 Å². The number of hydrogen-bond donors (Lipinski definition) is 1. The number of carbonyl (C=O) groups excluding carboxylic acids is 2. The summed E-state index contributed by atoms with van der Waals surface area (Å²) in [6.45, 7) is 0.899. The van der Waals surface area contributed by atoms with Crippen LogP contribution in [-0.2, 0) is 16.0 Å². The molecule has 0 bridgehead atoms. The van der Waals surface area contributed by atoms with Gasteiger partial charge >= 0.3 is 0 Å². The van der Waals surface area contributed by atoms with Gasteiger partial charge in [-0.2, -0.15) is 0 Å². The Kier molecular flexibility index (Phi) is 5.34. The summed E-state index contributed by atoms with van der Waals surface area (Å²) in [6.07, 6.45) is 0.853. The van der Waals surface area contributed by atoms with Gasteiger partial charge in [0.25, 0.3) is 0 Å². The van der Waals surface area contributed by atoms with Gasteiger partial charge in [-0.15, -0.1) is 0 Å². The largest absolute Gasteiger partial charge is 0.342 e. The SMILES string of the molecule is O=C(Nc1ccccc1F)C1CC(=O)N(CCc2ccc(Cl)cc2)C1. The highest BCUT2D eigenvalue weighted by Crippen LogP contribution is 2.21. The number of likely N-dealkylation sites (tertiary alicyclic amines) is 1. The van der Waals surface area contributed by atoms with Gasteiger partial charge in [0.15, 0.2) is 0 Å². The van der Waals surface area contributed by atoms with E-state index in [0.29, 0.717) is 24.5 Å². The summed E-state index contributed by atoms with van der Waals surface area (Å²) in [5.74, 6) is -1.33. The zero-order chi connectivity index (χ0) is 17.8. The predicted octanol–water partition coefficient (Wildman–Crippen LogP) is 3.51. The number of hydrogen-bond acceptors (Lipinski definition) is 2. The first-order chi connectivity index (χ1) is 12.0. The monoisotopic (exact) mass is 360 g/mol. The predicted molar refractivity (Wildman–Crippen MR) is 94.9 cm³/mol. The van der Waals surface area contributed by atoms with Crippen molar-refractivity contribution in [2.24, 2.45) is 5.92 Å². The molecule has 1 fully saturated rings. The number of carbonyl (C=O) groups is 2. The Balaban J connectivity index is 1.55. The average molecular weight is 361 g/mol. The zero-order valence-corrected chi connectivity index (χ0v) is 14.3. The molecule has 0 spiro atoms. The molecule has 1 N–H and O–H groups in total. The normalized spacial score (nSPS) is 17.0. The minimum Gasteiger partial charge on any atom is -0.342 e. The van der Waals surface area contributed by atoms with Crippen LogP contribution in [-0.4, -0.2) is 29.8 Å². The van der Waals surface area contributed by atoms with Crippen molar-refractivity contribution in [1.82, 2.24) is 4.90 Å². The molecule has 3 rings (SSSR count). The van der Waals surface area contributed by atoms with E-state index in [4.69, 9.17) is 11.6 Å². The lowest BCUT2D eigenvalue weighted by Crippen LogP contribution is -2.30. The van der Waals surface area contributed by atoms with Crippen LogP contribution in [0.2, 0.25) is 5.02 Å². The highest BCUT2D eigenvalue weighted by atomic mass is 35.5. The van der Waals surface area contributed by atoms with E-state index in [0.717, 1.165) is 5.56 Å². The van der Waals surface area contributed by atoms with E-state index in [9.17, 15) is 14.0 Å². The topological polar surface area (TPSA) is 49.4 Å². The number of amides is 2. The first kappa shape index (κ1) is 17.4. The van der Waals surface area contributed by atoms with E-state index in [1.54, 1.807) is 17.0 Å². The zero-order valence-electron chi connectivity index (χ0n) is 13.5. The minimum absolute atomic E-state index is 0.0531. The summed E-state index contributed by atoms with van der Waals surface area (Å²) in [5.41, 5.74) is 1.22. The van der Waals surface area contributed by atoms with E-state index in [2.05, 4.69) is 5.32 Å². The van der Waals surface area contributed by atoms with E-state index in [1.807, 2.05) is 24.3 Å². The van der Waals surface area contributed by atoms with Crippen molar-refractivity contribution in [3.63, 3.8) is 0 Å². The number of para-hydroxylation sites is 1. The molecule has 6 heteroatoms. The molecule has 1 heterocycles. The molecule has 4 nitrogen and oxygen atoms in total. The summed E-state index contributed by atoms with van der Waals surface area (Å²) < 4.78 is 13.6. The highest BCUT2D eigenvalue weighted by molar-refractivity contribution is 6.30. The Bertz CT molecular complexity index is 779. The number of anilines is 1. The highest BCUT2D eigenvalue weighted by Gasteiger charge is 2.34. The average Bonchev–Trinajstić information content (AvgIpc) is 2.97. The molecule has 0 aliphatic carbocycles. The van der Waals surface area contributed by atoms with Crippen molar-refractivity contribution in [2.75, 3.05) is 18.4 Å². The Labute approximate surface area is 150 Å². The molecule has 1 aliphatic heterocycles. The maximum atomic E-state index is 13.6. The summed E-state index contributed by atoms with van der Waals surface area (Å²) in [4.78, 5) is 26.1. The van der Waals surface area contributed by atoms with E-state index < -0.39 is 11.7 Å². The summed E-state index contributed by atoms with van der Waals surface area (Å²) in [7, 11) is 0. The lowest BCUT2D eigenvalue weighted by atomic mass is 10.1. The lowest BCUT2D eigenvalue weighted by Gasteiger charge is -2.16. The maximum absolute atomic E-state index is 13.6. The summed E-state index contributed by atoms with van der Waals surface area (Å²) in [5, 5.41) is 3.24. The van der Waals surface area contributed by atoms with Crippen molar-refractivity contribution in [2.45, 2.75) is 12.8 Å². The van der Waals surface area contributed by atoms with E-state index in [1.165, 1.54) is 12.1 Å². The number of nitrogens with one attached hydrogen (secondary N) is 1. The molecule has 25 heavy (non-hydrogen) atoms. The molecule has 1 saturated heterocycles. The molecule has 2 amide bonds. The smallest absolute Gasteiger partial charge is 0.229 e. The van der Waals surface area contributed by atoms with Crippen molar-refractivity contribution >= 4 is 29.1 Å². The molecular formula is C19H18ClFN2O2. The molecule has 0 radical (unpaired) electrons. The first-order valence-electron chi connectivity index (χ1n) is 8.10. The fourth-order valence-corrected chi connectivity index (χ4v) is 3.00. The van der Waals surface area contributed by atoms with Crippen molar-refractivity contribution < 1.29 is 14.0 Å². The van der Waals surface area contributed by atoms with Gasteiger partial charge in [0, 0.05) is 24.5 Å². The van der Waals surface area contributed by atoms with Crippen LogP contribution in [0.4, 0.5) is 10.1 Å². The molecule has 2 aromatic rings. The lowest BCUT2D eigenvalue weighted by molar-refractivity contribution is -0.128. The quantitative estimate of drug-likeness (QED) is 0.887. The van der Waals surface area contributed by atoms with Gasteiger partial charge < -0.3 is 10.2 Å². The Morgan fingerprint density at radius 1 is 1.20 bits per heavy atom. The number of halogens is 2. The number of nitrogens with zero attached hydrogens (tertiary/aromatic N) is 1. The van der Waals surface area contributed by atoms with Crippen LogP contribution in [0.3, 0.4) is 0 Å². The minimum atomic E-state index is -0.486. The third-order valence-corrected chi connectivity index (χ3v) is 4.55. The van der Waals surface area contributed by atoms with Crippen molar-refractivity contribution in [1.29, 1.82) is 0 Å². The third kappa shape index (κ3) is 4.37. The van der Waals surface area contributed by atoms with Crippen LogP contribution in [0, 0.1) is 11.7 Å². The number of benzene rings is 2. The third-order valence-electron chi connectivity index (χ3n) is 4.30. The second-order valence-corrected chi connectivity index (χ2v) is 6.52. The van der Waals surface area contributed by atoms with Gasteiger partial charge in [-0.05, 0) is 36.2 Å². The Morgan fingerprint density at radius 3 is 2.64 bits per heavy atom. The summed E-state index contributed by atoms with van der Waals surface area (Å²) in [6, 6.07) is 13.5. The summed E-state index contributed by atoms with van der Waals surface area (Å²) >= 11 is 5.86. The number of rotatable bonds is 5. The van der Waals surface area contributed by atoms with Crippen LogP contribution < -0.4 is 5.32 Å². The van der Waals surface area contributed by atoms with Crippen molar-refractivity contribution in [3.8, 4) is 0 Å². The van der Waals surface area contributed by atoms with Crippen LogP contribution >= 0.6 is 11.6 Å². The molecule has 1 aliphatic rings. The van der Waals surface area contributed by atoms with Gasteiger partial charge in [0.05, 0.1) is 11.6 Å². The van der Waals surface area contributed by atoms with Crippen LogP contribution in [0.15, 0.2) is 48.5 Å². The molecule has 2 aromatic carbocycles. The Hall–Kier alpha value is -2.40. The van der Waals surface area contributed by atoms with Crippen LogP contribution in [0.1, 0.15) is 12.0 Å². The molecule has 1 unspecified atom stereocenters. The molecular weight excluding hydrogens is 343 g/mol. The first-order valence-corrected chi connectivity index (χ1v) is 8.48. The second kappa shape index (κ2) is 7.66. The van der Waals surface area contributed by atoms with E-state index in [-0.39, 0.29) is 23.9 Å². The fraction of sp³-hybridized carbons (Fsp3) is 0.263. The molecule has 130 valence electrons. The fourth-order valence-electron chi connectivity index (χ4n) is 2.88.